The van der Waals surface area contributed by atoms with E-state index in [1.807, 2.05) is 0 Å². The molecule has 2 rings (SSSR count). The van der Waals surface area contributed by atoms with E-state index in [2.05, 4.69) is 10.6 Å². The third-order valence-electron chi connectivity index (χ3n) is 2.63. The lowest BCUT2D eigenvalue weighted by Crippen LogP contribution is -2.20. The number of anilines is 3. The highest BCUT2D eigenvalue weighted by Crippen LogP contribution is 2.19. The van der Waals surface area contributed by atoms with Crippen molar-refractivity contribution < 1.29 is 9.18 Å². The van der Waals surface area contributed by atoms with E-state index < -0.39 is 11.8 Å². The van der Waals surface area contributed by atoms with E-state index in [4.69, 9.17) is 5.73 Å². The van der Waals surface area contributed by atoms with Gasteiger partial charge >= 0.3 is 6.03 Å². The van der Waals surface area contributed by atoms with Crippen molar-refractivity contribution in [3.05, 3.63) is 53.8 Å². The average Bonchev–Trinajstić information content (AvgIpc) is 2.37. The summed E-state index contributed by atoms with van der Waals surface area (Å²) >= 11 is 0. The minimum Gasteiger partial charge on any atom is -0.399 e. The van der Waals surface area contributed by atoms with Gasteiger partial charge in [0.05, 0.1) is 5.69 Å². The highest BCUT2D eigenvalue weighted by atomic mass is 19.1. The summed E-state index contributed by atoms with van der Waals surface area (Å²) in [7, 11) is 0. The first-order valence-electron chi connectivity index (χ1n) is 5.75. The molecule has 2 aromatic carbocycles. The number of carbonyl (C=O) groups is 1. The van der Waals surface area contributed by atoms with Crippen molar-refractivity contribution in [3.63, 3.8) is 0 Å². The summed E-state index contributed by atoms with van der Waals surface area (Å²) in [6.07, 6.45) is 0. The quantitative estimate of drug-likeness (QED) is 0.724. The average molecular weight is 259 g/mol. The Morgan fingerprint density at radius 1 is 1.11 bits per heavy atom. The second kappa shape index (κ2) is 5.39. The van der Waals surface area contributed by atoms with Gasteiger partial charge in [-0.25, -0.2) is 9.18 Å². The third-order valence-corrected chi connectivity index (χ3v) is 2.63. The first kappa shape index (κ1) is 12.9. The van der Waals surface area contributed by atoms with Crippen molar-refractivity contribution >= 4 is 23.1 Å². The smallest absolute Gasteiger partial charge is 0.323 e. The Bertz CT molecular complexity index is 576. The van der Waals surface area contributed by atoms with Gasteiger partial charge in [-0.05, 0) is 42.8 Å². The molecule has 0 radical (unpaired) electrons. The van der Waals surface area contributed by atoms with Crippen LogP contribution in [0, 0.1) is 12.7 Å². The summed E-state index contributed by atoms with van der Waals surface area (Å²) in [5.74, 6) is -0.465. The van der Waals surface area contributed by atoms with Gasteiger partial charge in [-0.2, -0.15) is 0 Å². The van der Waals surface area contributed by atoms with Gasteiger partial charge in [0.15, 0.2) is 0 Å². The van der Waals surface area contributed by atoms with Crippen molar-refractivity contribution in [1.82, 2.24) is 0 Å². The number of hydrogen-bond acceptors (Lipinski definition) is 2. The van der Waals surface area contributed by atoms with E-state index in [0.717, 1.165) is 0 Å². The Hall–Kier alpha value is -2.56. The summed E-state index contributed by atoms with van der Waals surface area (Å²) in [4.78, 5) is 11.8. The lowest BCUT2D eigenvalue weighted by Gasteiger charge is -2.10. The number of hydrogen-bond donors (Lipinski definition) is 3. The molecule has 4 nitrogen and oxygen atoms in total. The van der Waals surface area contributed by atoms with Crippen LogP contribution in [0.15, 0.2) is 42.5 Å². The predicted molar refractivity (Wildman–Crippen MR) is 74.6 cm³/mol. The molecule has 0 bridgehead atoms. The van der Waals surface area contributed by atoms with Crippen LogP contribution in [0.5, 0.6) is 0 Å². The van der Waals surface area contributed by atoms with E-state index in [1.54, 1.807) is 43.3 Å². The molecule has 0 saturated heterocycles. The van der Waals surface area contributed by atoms with Crippen molar-refractivity contribution in [1.29, 1.82) is 0 Å². The van der Waals surface area contributed by atoms with Crippen LogP contribution in [-0.2, 0) is 0 Å². The van der Waals surface area contributed by atoms with Gasteiger partial charge in [0, 0.05) is 11.4 Å². The Labute approximate surface area is 110 Å². The number of carbonyl (C=O) groups excluding carboxylic acids is 1. The van der Waals surface area contributed by atoms with Crippen molar-refractivity contribution in [2.24, 2.45) is 0 Å². The fourth-order valence-electron chi connectivity index (χ4n) is 1.63. The topological polar surface area (TPSA) is 67.2 Å². The van der Waals surface area contributed by atoms with Gasteiger partial charge in [-0.15, -0.1) is 0 Å². The zero-order chi connectivity index (χ0) is 13.8. The zero-order valence-corrected chi connectivity index (χ0v) is 10.4. The number of amides is 2. The van der Waals surface area contributed by atoms with Crippen LogP contribution in [0.1, 0.15) is 5.56 Å². The molecule has 5 heteroatoms. The Balaban J connectivity index is 2.07. The van der Waals surface area contributed by atoms with E-state index in [-0.39, 0.29) is 5.69 Å². The summed E-state index contributed by atoms with van der Waals surface area (Å²) in [5, 5.41) is 5.09. The van der Waals surface area contributed by atoms with Crippen LogP contribution in [0.3, 0.4) is 0 Å². The largest absolute Gasteiger partial charge is 0.399 e. The minimum atomic E-state index is -0.502. The Kier molecular flexibility index (Phi) is 3.66. The predicted octanol–water partition coefficient (Wildman–Crippen LogP) is 3.36. The fraction of sp³-hybridized carbons (Fsp3) is 0.0714. The number of urea groups is 1. The monoisotopic (exact) mass is 259 g/mol. The van der Waals surface area contributed by atoms with E-state index in [0.29, 0.717) is 16.9 Å². The minimum absolute atomic E-state index is 0.176. The molecule has 0 aliphatic rings. The zero-order valence-electron chi connectivity index (χ0n) is 10.4. The second-order valence-electron chi connectivity index (χ2n) is 4.13. The molecule has 98 valence electrons. The normalized spacial score (nSPS) is 10.0. The van der Waals surface area contributed by atoms with Crippen LogP contribution in [0.2, 0.25) is 0 Å². The number of nitrogen functional groups attached to an aromatic ring is 1. The van der Waals surface area contributed by atoms with Gasteiger partial charge in [0.25, 0.3) is 0 Å². The number of nitrogens with one attached hydrogen (secondary N) is 2. The molecule has 2 aromatic rings. The molecule has 0 aliphatic heterocycles. The summed E-state index contributed by atoms with van der Waals surface area (Å²) in [6.45, 7) is 1.72. The van der Waals surface area contributed by atoms with E-state index in [9.17, 15) is 9.18 Å². The Morgan fingerprint density at radius 2 is 1.79 bits per heavy atom. The van der Waals surface area contributed by atoms with Crippen LogP contribution in [0.4, 0.5) is 26.2 Å². The fourth-order valence-corrected chi connectivity index (χ4v) is 1.63. The molecule has 0 saturated carbocycles. The highest BCUT2D eigenvalue weighted by molar-refractivity contribution is 6.00. The van der Waals surface area contributed by atoms with Gasteiger partial charge in [0.2, 0.25) is 0 Å². The van der Waals surface area contributed by atoms with Crippen molar-refractivity contribution in [2.75, 3.05) is 16.4 Å². The maximum atomic E-state index is 13.5. The van der Waals surface area contributed by atoms with Gasteiger partial charge in [-0.3, -0.25) is 0 Å². The standard InChI is InChI=1S/C14H14FN3O/c1-9-3-2-4-12(15)13(9)18-14(19)17-11-7-5-10(16)6-8-11/h2-8H,16H2,1H3,(H2,17,18,19). The molecule has 0 atom stereocenters. The van der Waals surface area contributed by atoms with Crippen LogP contribution < -0.4 is 16.4 Å². The molecule has 0 aliphatic carbocycles. The first-order chi connectivity index (χ1) is 9.06. The molecule has 0 fully saturated rings. The molecule has 0 unspecified atom stereocenters. The maximum Gasteiger partial charge on any atom is 0.323 e. The maximum absolute atomic E-state index is 13.5. The lowest BCUT2D eigenvalue weighted by molar-refractivity contribution is 0.262. The molecule has 0 heterocycles. The highest BCUT2D eigenvalue weighted by Gasteiger charge is 2.09. The van der Waals surface area contributed by atoms with Gasteiger partial charge in [-0.1, -0.05) is 12.1 Å². The second-order valence-corrected chi connectivity index (χ2v) is 4.13. The molecule has 4 N–H and O–H groups in total. The third kappa shape index (κ3) is 3.22. The van der Waals surface area contributed by atoms with Crippen molar-refractivity contribution in [2.45, 2.75) is 6.92 Å². The molecular formula is C14H14FN3O. The summed E-state index contributed by atoms with van der Waals surface area (Å²) in [6, 6.07) is 10.8. The number of benzene rings is 2. The van der Waals surface area contributed by atoms with Gasteiger partial charge < -0.3 is 16.4 Å². The molecule has 2 amide bonds. The molecule has 0 aromatic heterocycles. The molecule has 19 heavy (non-hydrogen) atoms. The number of para-hydroxylation sites is 1. The SMILES string of the molecule is Cc1cccc(F)c1NC(=O)Nc1ccc(N)cc1. The van der Waals surface area contributed by atoms with E-state index >= 15 is 0 Å². The number of aryl methyl sites for hydroxylation is 1. The van der Waals surface area contributed by atoms with Gasteiger partial charge in [0.1, 0.15) is 5.82 Å². The number of nitrogens with two attached hydrogens (primary N) is 1. The summed E-state index contributed by atoms with van der Waals surface area (Å²) < 4.78 is 13.5. The first-order valence-corrected chi connectivity index (χ1v) is 5.75. The number of halogens is 1. The number of rotatable bonds is 2. The lowest BCUT2D eigenvalue weighted by atomic mass is 10.2. The summed E-state index contributed by atoms with van der Waals surface area (Å²) in [5.41, 5.74) is 7.57. The van der Waals surface area contributed by atoms with Crippen LogP contribution >= 0.6 is 0 Å². The molecule has 0 spiro atoms. The Morgan fingerprint density at radius 3 is 2.42 bits per heavy atom. The molecular weight excluding hydrogens is 245 g/mol. The van der Waals surface area contributed by atoms with E-state index in [1.165, 1.54) is 6.07 Å². The van der Waals surface area contributed by atoms with Crippen molar-refractivity contribution in [3.8, 4) is 0 Å². The van der Waals surface area contributed by atoms with Crippen LogP contribution in [0.25, 0.3) is 0 Å². The van der Waals surface area contributed by atoms with Crippen LogP contribution in [-0.4, -0.2) is 6.03 Å².